The summed E-state index contributed by atoms with van der Waals surface area (Å²) in [5.74, 6) is -2.42. The van der Waals surface area contributed by atoms with Crippen LogP contribution in [0.3, 0.4) is 0 Å². The number of unbranched alkanes of at least 4 members (excludes halogenated alkanes) is 15. The van der Waals surface area contributed by atoms with Crippen molar-refractivity contribution in [2.45, 2.75) is 206 Å². The highest BCUT2D eigenvalue weighted by atomic mass is 31.2. The van der Waals surface area contributed by atoms with E-state index in [1.807, 2.05) is 0 Å². The predicted octanol–water partition coefficient (Wildman–Crippen LogP) is 14.6. The average Bonchev–Trinajstić information content (AvgIpc) is 3.32. The van der Waals surface area contributed by atoms with Crippen LogP contribution in [0.2, 0.25) is 0 Å². The maximum absolute atomic E-state index is 12.4. The first-order valence-electron chi connectivity index (χ1n) is 25.9. The molecule has 0 aromatic heterocycles. The second kappa shape index (κ2) is 49.6. The lowest BCUT2D eigenvalue weighted by atomic mass is 10.1. The smallest absolute Gasteiger partial charge is 0.472 e. The number of allylic oxidation sites excluding steroid dienone is 18. The molecule has 0 aromatic rings. The van der Waals surface area contributed by atoms with Gasteiger partial charge in [0.1, 0.15) is 12.7 Å². The Morgan fingerprint density at radius 3 is 1.28 bits per heavy atom. The standard InChI is InChI=1S/C56H92NO10P/c1-3-5-7-9-11-13-15-17-19-21-23-25-26-28-29-31-33-35-37-39-41-43-45-47-54(59)57-53(56(61)62)51-67-68(63,64)66-50-52(58)49-65-55(60)48-46-44-42-40-38-36-34-32-30-27-24-22-20-18-16-14-12-10-8-6-4-2/h5,7,11-14,17-20,23-25,27-29,32,34,52-53,58H,3-4,6,8-10,15-16,21-22,26,30-31,33,35-51H2,1-2H3,(H,57,59)(H,61,62)(H,63,64)/b7-5-,13-11-,14-12-,19-17-,20-18-,25-23-,27-24-,29-28-,34-32-. The number of carbonyl (C=O) groups excluding carboxylic acids is 2. The zero-order valence-electron chi connectivity index (χ0n) is 42.1. The van der Waals surface area contributed by atoms with Gasteiger partial charge in [0.2, 0.25) is 5.91 Å². The fourth-order valence-corrected chi connectivity index (χ4v) is 7.33. The number of esters is 1. The zero-order valence-corrected chi connectivity index (χ0v) is 43.0. The van der Waals surface area contributed by atoms with Gasteiger partial charge in [-0.1, -0.05) is 187 Å². The second-order valence-corrected chi connectivity index (χ2v) is 18.4. The van der Waals surface area contributed by atoms with Crippen molar-refractivity contribution in [1.29, 1.82) is 0 Å². The van der Waals surface area contributed by atoms with Gasteiger partial charge in [-0.25, -0.2) is 9.36 Å². The third-order valence-corrected chi connectivity index (χ3v) is 11.5. The van der Waals surface area contributed by atoms with Gasteiger partial charge in [-0.2, -0.15) is 0 Å². The minimum Gasteiger partial charge on any atom is -0.480 e. The van der Waals surface area contributed by atoms with Crippen molar-refractivity contribution in [3.63, 3.8) is 0 Å². The number of aliphatic hydroxyl groups excluding tert-OH is 1. The van der Waals surface area contributed by atoms with Gasteiger partial charge in [0.05, 0.1) is 13.2 Å². The number of carboxylic acids is 1. The van der Waals surface area contributed by atoms with Crippen LogP contribution in [-0.2, 0) is 32.7 Å². The fourth-order valence-electron chi connectivity index (χ4n) is 6.56. The normalized spacial score (nSPS) is 14.4. The molecule has 3 atom stereocenters. The number of hydrogen-bond acceptors (Lipinski definition) is 8. The lowest BCUT2D eigenvalue weighted by Gasteiger charge is -2.18. The van der Waals surface area contributed by atoms with Crippen molar-refractivity contribution < 1.29 is 47.8 Å². The number of nitrogens with one attached hydrogen (secondary N) is 1. The number of carboxylic acid groups (broad SMARTS) is 1. The molecule has 0 aliphatic heterocycles. The van der Waals surface area contributed by atoms with Crippen LogP contribution >= 0.6 is 7.82 Å². The molecule has 0 radical (unpaired) electrons. The largest absolute Gasteiger partial charge is 0.480 e. The summed E-state index contributed by atoms with van der Waals surface area (Å²) in [5.41, 5.74) is 0. The van der Waals surface area contributed by atoms with Crippen molar-refractivity contribution in [1.82, 2.24) is 5.32 Å². The number of phosphoric acid groups is 1. The van der Waals surface area contributed by atoms with Crippen LogP contribution in [0, 0.1) is 0 Å². The van der Waals surface area contributed by atoms with Gasteiger partial charge >= 0.3 is 19.8 Å². The molecular weight excluding hydrogens is 878 g/mol. The fraction of sp³-hybridized carbons (Fsp3) is 0.625. The number of aliphatic hydroxyl groups is 1. The van der Waals surface area contributed by atoms with E-state index in [0.717, 1.165) is 128 Å². The van der Waals surface area contributed by atoms with Gasteiger partial charge in [-0.3, -0.25) is 18.6 Å². The number of rotatable bonds is 47. The van der Waals surface area contributed by atoms with Gasteiger partial charge in [0, 0.05) is 12.8 Å². The van der Waals surface area contributed by atoms with Gasteiger partial charge in [-0.15, -0.1) is 0 Å². The van der Waals surface area contributed by atoms with Crippen LogP contribution in [0.1, 0.15) is 194 Å². The third kappa shape index (κ3) is 48.6. The molecule has 0 bridgehead atoms. The van der Waals surface area contributed by atoms with Crippen molar-refractivity contribution in [3.05, 3.63) is 109 Å². The minimum atomic E-state index is -4.78. The zero-order chi connectivity index (χ0) is 49.9. The van der Waals surface area contributed by atoms with Crippen LogP contribution in [0.4, 0.5) is 0 Å². The third-order valence-electron chi connectivity index (χ3n) is 10.5. The summed E-state index contributed by atoms with van der Waals surface area (Å²) in [6, 6.07) is -1.56. The number of carbonyl (C=O) groups is 3. The summed E-state index contributed by atoms with van der Waals surface area (Å²) in [6.45, 7) is 2.43. The number of amides is 1. The highest BCUT2D eigenvalue weighted by Gasteiger charge is 2.28. The van der Waals surface area contributed by atoms with Crippen molar-refractivity contribution in [3.8, 4) is 0 Å². The average molecular weight is 970 g/mol. The molecule has 386 valence electrons. The van der Waals surface area contributed by atoms with Crippen LogP contribution in [0.15, 0.2) is 109 Å². The summed E-state index contributed by atoms with van der Waals surface area (Å²) >= 11 is 0. The summed E-state index contributed by atoms with van der Waals surface area (Å²) in [7, 11) is -4.78. The first-order chi connectivity index (χ1) is 33.1. The SMILES string of the molecule is CC/C=C\C/C=C\C/C=C\C/C=C\C/C=C\CCCCCCCCCC(=O)NC(COP(=O)(O)OCC(O)COC(=O)CCCCCCC/C=C\C/C=C\C/C=C\C/C=C\CCCCC)C(=O)O. The Bertz CT molecular complexity index is 1560. The molecule has 3 unspecified atom stereocenters. The van der Waals surface area contributed by atoms with E-state index >= 15 is 0 Å². The number of ether oxygens (including phenoxy) is 1. The Hall–Kier alpha value is -3.86. The minimum absolute atomic E-state index is 0.124. The van der Waals surface area contributed by atoms with E-state index in [2.05, 4.69) is 129 Å². The predicted molar refractivity (Wildman–Crippen MR) is 281 cm³/mol. The van der Waals surface area contributed by atoms with E-state index in [1.165, 1.54) is 25.7 Å². The summed E-state index contributed by atoms with van der Waals surface area (Å²) in [6.07, 6.45) is 65.3. The molecular formula is C56H92NO10P. The van der Waals surface area contributed by atoms with Gasteiger partial charge in [0.15, 0.2) is 6.04 Å². The summed E-state index contributed by atoms with van der Waals surface area (Å²) in [5, 5.41) is 21.9. The van der Waals surface area contributed by atoms with Crippen molar-refractivity contribution in [2.75, 3.05) is 19.8 Å². The Morgan fingerprint density at radius 1 is 0.485 bits per heavy atom. The van der Waals surface area contributed by atoms with Gasteiger partial charge in [-0.05, 0) is 103 Å². The molecule has 0 heterocycles. The van der Waals surface area contributed by atoms with E-state index in [9.17, 15) is 34.1 Å². The van der Waals surface area contributed by atoms with E-state index in [1.54, 1.807) is 0 Å². The molecule has 0 fully saturated rings. The number of aliphatic carboxylic acids is 1. The molecule has 68 heavy (non-hydrogen) atoms. The monoisotopic (exact) mass is 970 g/mol. The van der Waals surface area contributed by atoms with Crippen molar-refractivity contribution >= 4 is 25.7 Å². The molecule has 0 rings (SSSR count). The first kappa shape index (κ1) is 64.1. The van der Waals surface area contributed by atoms with E-state index < -0.39 is 57.6 Å². The number of hydrogen-bond donors (Lipinski definition) is 4. The van der Waals surface area contributed by atoms with Crippen LogP contribution < -0.4 is 5.32 Å². The van der Waals surface area contributed by atoms with E-state index in [0.29, 0.717) is 12.8 Å². The topological polar surface area (TPSA) is 169 Å². The Balaban J connectivity index is 3.92. The van der Waals surface area contributed by atoms with Crippen LogP contribution in [-0.4, -0.2) is 64.9 Å². The Morgan fingerprint density at radius 2 is 0.853 bits per heavy atom. The maximum Gasteiger partial charge on any atom is 0.472 e. The quantitative estimate of drug-likeness (QED) is 0.0199. The van der Waals surface area contributed by atoms with Crippen LogP contribution in [0.5, 0.6) is 0 Å². The van der Waals surface area contributed by atoms with E-state index in [-0.39, 0.29) is 12.8 Å². The van der Waals surface area contributed by atoms with Gasteiger partial charge in [0.25, 0.3) is 0 Å². The molecule has 1 amide bonds. The van der Waals surface area contributed by atoms with Gasteiger partial charge < -0.3 is 25.2 Å². The second-order valence-electron chi connectivity index (χ2n) is 17.0. The summed E-state index contributed by atoms with van der Waals surface area (Å²) in [4.78, 5) is 46.2. The maximum atomic E-state index is 12.4. The highest BCUT2D eigenvalue weighted by molar-refractivity contribution is 7.47. The molecule has 0 aliphatic carbocycles. The lowest BCUT2D eigenvalue weighted by Crippen LogP contribution is -2.43. The molecule has 0 saturated heterocycles. The highest BCUT2D eigenvalue weighted by Crippen LogP contribution is 2.43. The molecule has 0 aliphatic rings. The molecule has 4 N–H and O–H groups in total. The van der Waals surface area contributed by atoms with Crippen LogP contribution in [0.25, 0.3) is 0 Å². The molecule has 12 heteroatoms. The summed E-state index contributed by atoms with van der Waals surface area (Å²) < 4.78 is 26.9. The molecule has 0 saturated carbocycles. The Labute approximate surface area is 412 Å². The first-order valence-corrected chi connectivity index (χ1v) is 27.4. The number of phosphoric ester groups is 1. The van der Waals surface area contributed by atoms with E-state index in [4.69, 9.17) is 13.8 Å². The Kier molecular flexibility index (Phi) is 46.7. The molecule has 11 nitrogen and oxygen atoms in total. The van der Waals surface area contributed by atoms with Crippen molar-refractivity contribution in [2.24, 2.45) is 0 Å². The lowest BCUT2D eigenvalue weighted by molar-refractivity contribution is -0.147. The molecule has 0 aromatic carbocycles. The molecule has 0 spiro atoms.